The van der Waals surface area contributed by atoms with E-state index in [-0.39, 0.29) is 0 Å². The monoisotopic (exact) mass is 210 g/mol. The second-order valence-electron chi connectivity index (χ2n) is 3.71. The molecule has 1 rings (SSSR count). The zero-order chi connectivity index (χ0) is 10.9. The van der Waals surface area contributed by atoms with Gasteiger partial charge in [0.25, 0.3) is 0 Å². The second kappa shape index (κ2) is 7.63. The van der Waals surface area contributed by atoms with Crippen molar-refractivity contribution in [3.63, 3.8) is 0 Å². The van der Waals surface area contributed by atoms with Gasteiger partial charge in [0.15, 0.2) is 0 Å². The highest BCUT2D eigenvalue weighted by Crippen LogP contribution is 2.00. The van der Waals surface area contributed by atoms with E-state index in [1.807, 2.05) is 6.92 Å². The van der Waals surface area contributed by atoms with Crippen LogP contribution in [-0.2, 0) is 4.74 Å². The van der Waals surface area contributed by atoms with Gasteiger partial charge in [-0.3, -0.25) is 4.90 Å². The molecule has 2 N–H and O–H groups in total. The van der Waals surface area contributed by atoms with Crippen molar-refractivity contribution >= 4 is 0 Å². The summed E-state index contributed by atoms with van der Waals surface area (Å²) in [6.07, 6.45) is 7.49. The SMILES string of the molecule is CC=C(C=CCCN1CCOCC1)CN. The molecule has 0 aromatic carbocycles. The van der Waals surface area contributed by atoms with Crippen LogP contribution in [0.5, 0.6) is 0 Å². The summed E-state index contributed by atoms with van der Waals surface area (Å²) in [5, 5.41) is 0. The van der Waals surface area contributed by atoms with Gasteiger partial charge in [0, 0.05) is 26.2 Å². The standard InChI is InChI=1S/C12H22N2O/c1-2-12(11-13)5-3-4-6-14-7-9-15-10-8-14/h2-3,5H,4,6-11,13H2,1H3. The summed E-state index contributed by atoms with van der Waals surface area (Å²) in [5.74, 6) is 0. The van der Waals surface area contributed by atoms with Gasteiger partial charge in [-0.2, -0.15) is 0 Å². The summed E-state index contributed by atoms with van der Waals surface area (Å²) >= 11 is 0. The third-order valence-corrected chi connectivity index (χ3v) is 2.65. The molecule has 15 heavy (non-hydrogen) atoms. The van der Waals surface area contributed by atoms with Gasteiger partial charge in [-0.25, -0.2) is 0 Å². The molecular formula is C12H22N2O. The Balaban J connectivity index is 2.14. The number of hydrogen-bond donors (Lipinski definition) is 1. The minimum Gasteiger partial charge on any atom is -0.379 e. The largest absolute Gasteiger partial charge is 0.379 e. The number of hydrogen-bond acceptors (Lipinski definition) is 3. The highest BCUT2D eigenvalue weighted by molar-refractivity contribution is 5.18. The molecule has 0 aromatic rings. The Hall–Kier alpha value is -0.640. The first-order chi connectivity index (χ1) is 7.36. The maximum Gasteiger partial charge on any atom is 0.0594 e. The van der Waals surface area contributed by atoms with E-state index in [9.17, 15) is 0 Å². The summed E-state index contributed by atoms with van der Waals surface area (Å²) in [7, 11) is 0. The Morgan fingerprint density at radius 3 is 2.73 bits per heavy atom. The molecule has 1 saturated heterocycles. The van der Waals surface area contributed by atoms with Crippen LogP contribution in [0.2, 0.25) is 0 Å². The average molecular weight is 210 g/mol. The Kier molecular flexibility index (Phi) is 6.32. The molecule has 0 amide bonds. The first-order valence-electron chi connectivity index (χ1n) is 5.68. The van der Waals surface area contributed by atoms with Gasteiger partial charge >= 0.3 is 0 Å². The van der Waals surface area contributed by atoms with Crippen LogP contribution in [0.3, 0.4) is 0 Å². The fraction of sp³-hybridized carbons (Fsp3) is 0.667. The van der Waals surface area contributed by atoms with E-state index in [4.69, 9.17) is 10.5 Å². The molecule has 0 atom stereocenters. The molecule has 3 nitrogen and oxygen atoms in total. The molecule has 1 heterocycles. The lowest BCUT2D eigenvalue weighted by molar-refractivity contribution is 0.0387. The van der Waals surface area contributed by atoms with Crippen LogP contribution in [0.25, 0.3) is 0 Å². The molecule has 0 saturated carbocycles. The van der Waals surface area contributed by atoms with E-state index in [0.717, 1.165) is 39.3 Å². The molecule has 0 radical (unpaired) electrons. The van der Waals surface area contributed by atoms with Gasteiger partial charge < -0.3 is 10.5 Å². The zero-order valence-corrected chi connectivity index (χ0v) is 9.61. The average Bonchev–Trinajstić information content (AvgIpc) is 2.31. The van der Waals surface area contributed by atoms with E-state index in [1.54, 1.807) is 0 Å². The van der Waals surface area contributed by atoms with Gasteiger partial charge in [0.2, 0.25) is 0 Å². The summed E-state index contributed by atoms with van der Waals surface area (Å²) in [5.41, 5.74) is 6.77. The van der Waals surface area contributed by atoms with Crippen LogP contribution in [0.4, 0.5) is 0 Å². The lowest BCUT2D eigenvalue weighted by atomic mass is 10.2. The Labute approximate surface area is 92.6 Å². The van der Waals surface area contributed by atoms with E-state index in [0.29, 0.717) is 6.54 Å². The van der Waals surface area contributed by atoms with Crippen molar-refractivity contribution in [2.24, 2.45) is 5.73 Å². The predicted octanol–water partition coefficient (Wildman–Crippen LogP) is 1.17. The molecular weight excluding hydrogens is 188 g/mol. The number of nitrogens with zero attached hydrogens (tertiary/aromatic N) is 1. The summed E-state index contributed by atoms with van der Waals surface area (Å²) < 4.78 is 5.29. The maximum atomic E-state index is 5.56. The van der Waals surface area contributed by atoms with E-state index in [1.165, 1.54) is 5.57 Å². The van der Waals surface area contributed by atoms with Crippen LogP contribution in [0.1, 0.15) is 13.3 Å². The van der Waals surface area contributed by atoms with Crippen molar-refractivity contribution in [3.05, 3.63) is 23.8 Å². The number of morpholine rings is 1. The summed E-state index contributed by atoms with van der Waals surface area (Å²) in [6, 6.07) is 0. The van der Waals surface area contributed by atoms with E-state index >= 15 is 0 Å². The molecule has 0 bridgehead atoms. The van der Waals surface area contributed by atoms with Crippen LogP contribution < -0.4 is 5.73 Å². The molecule has 3 heteroatoms. The van der Waals surface area contributed by atoms with Crippen molar-refractivity contribution in [2.75, 3.05) is 39.4 Å². The second-order valence-corrected chi connectivity index (χ2v) is 3.71. The quantitative estimate of drug-likeness (QED) is 0.692. The minimum absolute atomic E-state index is 0.630. The van der Waals surface area contributed by atoms with Gasteiger partial charge in [-0.1, -0.05) is 18.2 Å². The predicted molar refractivity (Wildman–Crippen MR) is 63.8 cm³/mol. The maximum absolute atomic E-state index is 5.56. The molecule has 0 unspecified atom stereocenters. The van der Waals surface area contributed by atoms with Crippen molar-refractivity contribution in [2.45, 2.75) is 13.3 Å². The molecule has 0 aliphatic carbocycles. The van der Waals surface area contributed by atoms with Gasteiger partial charge in [-0.15, -0.1) is 0 Å². The number of rotatable bonds is 5. The molecule has 0 aromatic heterocycles. The van der Waals surface area contributed by atoms with Crippen LogP contribution in [0.15, 0.2) is 23.8 Å². The van der Waals surface area contributed by atoms with Crippen molar-refractivity contribution in [1.29, 1.82) is 0 Å². The van der Waals surface area contributed by atoms with Crippen molar-refractivity contribution in [1.82, 2.24) is 4.90 Å². The third-order valence-electron chi connectivity index (χ3n) is 2.65. The van der Waals surface area contributed by atoms with Gasteiger partial charge in [-0.05, 0) is 18.9 Å². The molecule has 0 spiro atoms. The Bertz CT molecular complexity index is 218. The zero-order valence-electron chi connectivity index (χ0n) is 9.61. The molecule has 86 valence electrons. The fourth-order valence-corrected chi connectivity index (χ4v) is 1.60. The smallest absolute Gasteiger partial charge is 0.0594 e. The van der Waals surface area contributed by atoms with Crippen LogP contribution >= 0.6 is 0 Å². The summed E-state index contributed by atoms with van der Waals surface area (Å²) in [4.78, 5) is 2.44. The number of allylic oxidation sites excluding steroid dienone is 1. The van der Waals surface area contributed by atoms with E-state index in [2.05, 4.69) is 23.1 Å². The molecule has 1 aliphatic rings. The van der Waals surface area contributed by atoms with Crippen molar-refractivity contribution < 1.29 is 4.74 Å². The van der Waals surface area contributed by atoms with Crippen LogP contribution in [-0.4, -0.2) is 44.3 Å². The summed E-state index contributed by atoms with van der Waals surface area (Å²) in [6.45, 7) is 7.68. The third kappa shape index (κ3) is 5.11. The topological polar surface area (TPSA) is 38.5 Å². The van der Waals surface area contributed by atoms with Crippen molar-refractivity contribution in [3.8, 4) is 0 Å². The molecule has 1 aliphatic heterocycles. The first kappa shape index (κ1) is 12.4. The number of ether oxygens (including phenoxy) is 1. The highest BCUT2D eigenvalue weighted by atomic mass is 16.5. The van der Waals surface area contributed by atoms with Gasteiger partial charge in [0.1, 0.15) is 0 Å². The van der Waals surface area contributed by atoms with Crippen LogP contribution in [0, 0.1) is 0 Å². The fourth-order valence-electron chi connectivity index (χ4n) is 1.60. The molecule has 1 fully saturated rings. The van der Waals surface area contributed by atoms with E-state index < -0.39 is 0 Å². The van der Waals surface area contributed by atoms with Gasteiger partial charge in [0.05, 0.1) is 13.2 Å². The first-order valence-corrected chi connectivity index (χ1v) is 5.68. The lowest BCUT2D eigenvalue weighted by Crippen LogP contribution is -2.36. The minimum atomic E-state index is 0.630. The Morgan fingerprint density at radius 1 is 1.40 bits per heavy atom. The Morgan fingerprint density at radius 2 is 2.13 bits per heavy atom. The number of nitrogens with two attached hydrogens (primary N) is 1. The highest BCUT2D eigenvalue weighted by Gasteiger charge is 2.07. The lowest BCUT2D eigenvalue weighted by Gasteiger charge is -2.25. The normalized spacial score (nSPS) is 20.0.